The zero-order chi connectivity index (χ0) is 13.2. The molecule has 2 aromatic carbocycles. The summed E-state index contributed by atoms with van der Waals surface area (Å²) < 4.78 is 2.03. The fraction of sp³-hybridized carbons (Fsp3) is 0.0714. The van der Waals surface area contributed by atoms with Crippen LogP contribution in [0.1, 0.15) is 0 Å². The summed E-state index contributed by atoms with van der Waals surface area (Å²) >= 11 is 0. The van der Waals surface area contributed by atoms with Gasteiger partial charge in [-0.1, -0.05) is 41.5 Å². The molecule has 0 bridgehead atoms. The first kappa shape index (κ1) is 11.3. The van der Waals surface area contributed by atoms with Crippen molar-refractivity contribution >= 4 is 16.7 Å². The first-order chi connectivity index (χ1) is 9.29. The molecule has 0 aliphatic heterocycles. The lowest BCUT2D eigenvalue weighted by atomic mass is 10.2. The van der Waals surface area contributed by atoms with E-state index in [1.807, 2.05) is 48.0 Å². The van der Waals surface area contributed by atoms with Crippen LogP contribution in [-0.4, -0.2) is 9.55 Å². The highest BCUT2D eigenvalue weighted by atomic mass is 15.1. The van der Waals surface area contributed by atoms with Gasteiger partial charge in [0.2, 0.25) is 0 Å². The van der Waals surface area contributed by atoms with E-state index >= 15 is 0 Å². The molecule has 1 aromatic heterocycles. The Bertz CT molecular complexity index is 782. The molecule has 1 heterocycles. The Hall–Kier alpha value is -2.78. The summed E-state index contributed by atoms with van der Waals surface area (Å²) in [6.07, 6.45) is 0. The lowest BCUT2D eigenvalue weighted by molar-refractivity contribution is 0.959. The summed E-state index contributed by atoms with van der Waals surface area (Å²) in [5.41, 5.74) is 11.9. The number of benzene rings is 2. The quantitative estimate of drug-likeness (QED) is 0.381. The number of aryl methyl sites for hydroxylation is 1. The van der Waals surface area contributed by atoms with Crippen molar-refractivity contribution in [1.29, 1.82) is 0 Å². The third-order valence-electron chi connectivity index (χ3n) is 3.06. The molecule has 0 amide bonds. The summed E-state index contributed by atoms with van der Waals surface area (Å²) in [7, 11) is 1.98. The van der Waals surface area contributed by atoms with Crippen LogP contribution >= 0.6 is 0 Å². The average molecular weight is 249 g/mol. The number of hydrogen-bond acceptors (Lipinski definition) is 2. The zero-order valence-electron chi connectivity index (χ0n) is 10.4. The van der Waals surface area contributed by atoms with Crippen LogP contribution in [0, 0.1) is 0 Å². The second-order valence-corrected chi connectivity index (χ2v) is 4.22. The Kier molecular flexibility index (Phi) is 2.67. The predicted molar refractivity (Wildman–Crippen MR) is 75.0 cm³/mol. The first-order valence-corrected chi connectivity index (χ1v) is 5.86. The summed E-state index contributed by atoms with van der Waals surface area (Å²) in [6, 6.07) is 15.5. The minimum atomic E-state index is 0.577. The van der Waals surface area contributed by atoms with Gasteiger partial charge in [0.25, 0.3) is 0 Å². The van der Waals surface area contributed by atoms with Gasteiger partial charge >= 0.3 is 0 Å². The van der Waals surface area contributed by atoms with E-state index in [1.165, 1.54) is 0 Å². The predicted octanol–water partition coefficient (Wildman–Crippen LogP) is 4.18. The topological polar surface area (TPSA) is 66.6 Å². The monoisotopic (exact) mass is 249 g/mol. The highest BCUT2D eigenvalue weighted by Gasteiger charge is 2.09. The second kappa shape index (κ2) is 4.48. The van der Waals surface area contributed by atoms with Gasteiger partial charge in [0.1, 0.15) is 5.82 Å². The highest BCUT2D eigenvalue weighted by Crippen LogP contribution is 2.26. The van der Waals surface area contributed by atoms with E-state index in [-0.39, 0.29) is 0 Å². The molecular formula is C14H11N5. The Morgan fingerprint density at radius 1 is 1.16 bits per heavy atom. The number of rotatable bonds is 2. The van der Waals surface area contributed by atoms with Gasteiger partial charge in [-0.25, -0.2) is 4.98 Å². The number of hydrogen-bond donors (Lipinski definition) is 0. The van der Waals surface area contributed by atoms with Crippen molar-refractivity contribution in [3.63, 3.8) is 0 Å². The van der Waals surface area contributed by atoms with Crippen molar-refractivity contribution in [3.8, 4) is 11.4 Å². The van der Waals surface area contributed by atoms with Crippen LogP contribution in [0.4, 0.5) is 5.69 Å². The maximum atomic E-state index is 8.46. The maximum Gasteiger partial charge on any atom is 0.140 e. The largest absolute Gasteiger partial charge is 0.327 e. The molecule has 5 heteroatoms. The van der Waals surface area contributed by atoms with Crippen molar-refractivity contribution < 1.29 is 0 Å². The van der Waals surface area contributed by atoms with Crippen molar-refractivity contribution in [2.24, 2.45) is 12.2 Å². The summed E-state index contributed by atoms with van der Waals surface area (Å²) in [6.45, 7) is 0. The van der Waals surface area contributed by atoms with Crippen LogP contribution in [-0.2, 0) is 7.05 Å². The van der Waals surface area contributed by atoms with Gasteiger partial charge in [0.15, 0.2) is 0 Å². The number of imidazole rings is 1. The van der Waals surface area contributed by atoms with E-state index in [2.05, 4.69) is 15.0 Å². The summed E-state index contributed by atoms with van der Waals surface area (Å²) in [4.78, 5) is 7.40. The molecular weight excluding hydrogens is 238 g/mol. The van der Waals surface area contributed by atoms with E-state index < -0.39 is 0 Å². The standard InChI is InChI=1S/C14H11N5/c1-19-13-8-7-11(17-18-15)9-12(13)16-14(19)10-5-3-2-4-6-10/h2-9H,1H3. The number of fused-ring (bicyclic) bond motifs is 1. The van der Waals surface area contributed by atoms with Crippen molar-refractivity contribution in [1.82, 2.24) is 9.55 Å². The van der Waals surface area contributed by atoms with Crippen LogP contribution in [0.15, 0.2) is 53.6 Å². The van der Waals surface area contributed by atoms with Crippen molar-refractivity contribution in [2.45, 2.75) is 0 Å². The fourth-order valence-corrected chi connectivity index (χ4v) is 2.15. The Morgan fingerprint density at radius 2 is 1.95 bits per heavy atom. The maximum absolute atomic E-state index is 8.46. The van der Waals surface area contributed by atoms with Gasteiger partial charge in [-0.3, -0.25) is 0 Å². The number of azide groups is 1. The van der Waals surface area contributed by atoms with Gasteiger partial charge in [-0.2, -0.15) is 0 Å². The fourth-order valence-electron chi connectivity index (χ4n) is 2.15. The molecule has 5 nitrogen and oxygen atoms in total. The molecule has 0 atom stereocenters. The van der Waals surface area contributed by atoms with E-state index in [9.17, 15) is 0 Å². The molecule has 0 saturated carbocycles. The van der Waals surface area contributed by atoms with Gasteiger partial charge < -0.3 is 4.57 Å². The molecule has 92 valence electrons. The smallest absolute Gasteiger partial charge is 0.140 e. The Morgan fingerprint density at radius 3 is 2.68 bits per heavy atom. The lowest BCUT2D eigenvalue weighted by Gasteiger charge is -2.01. The van der Waals surface area contributed by atoms with E-state index in [0.29, 0.717) is 5.69 Å². The summed E-state index contributed by atoms with van der Waals surface area (Å²) in [5.74, 6) is 0.897. The third kappa shape index (κ3) is 1.92. The molecule has 0 radical (unpaired) electrons. The number of aromatic nitrogens is 2. The third-order valence-corrected chi connectivity index (χ3v) is 3.06. The second-order valence-electron chi connectivity index (χ2n) is 4.22. The SMILES string of the molecule is Cn1c(-c2ccccc2)nc2cc(N=[N+]=[N-])ccc21. The molecule has 0 saturated heterocycles. The van der Waals surface area contributed by atoms with Crippen LogP contribution in [0.3, 0.4) is 0 Å². The Labute approximate surface area is 109 Å². The molecule has 0 unspecified atom stereocenters. The van der Waals surface area contributed by atoms with Crippen LogP contribution < -0.4 is 0 Å². The molecule has 0 aliphatic rings. The van der Waals surface area contributed by atoms with E-state index in [0.717, 1.165) is 22.4 Å². The minimum absolute atomic E-state index is 0.577. The minimum Gasteiger partial charge on any atom is -0.327 e. The van der Waals surface area contributed by atoms with Gasteiger partial charge in [-0.05, 0) is 17.7 Å². The summed E-state index contributed by atoms with van der Waals surface area (Å²) in [5, 5.41) is 3.60. The van der Waals surface area contributed by atoms with Gasteiger partial charge in [0, 0.05) is 23.2 Å². The number of nitrogens with zero attached hydrogens (tertiary/aromatic N) is 5. The molecule has 3 aromatic rings. The average Bonchev–Trinajstić information content (AvgIpc) is 2.77. The van der Waals surface area contributed by atoms with Crippen molar-refractivity contribution in [3.05, 3.63) is 59.0 Å². The van der Waals surface area contributed by atoms with Crippen LogP contribution in [0.25, 0.3) is 32.9 Å². The van der Waals surface area contributed by atoms with E-state index in [4.69, 9.17) is 5.53 Å². The molecule has 0 aliphatic carbocycles. The highest BCUT2D eigenvalue weighted by molar-refractivity contribution is 5.83. The molecule has 0 spiro atoms. The molecule has 0 fully saturated rings. The van der Waals surface area contributed by atoms with Gasteiger partial charge in [0.05, 0.1) is 11.0 Å². The van der Waals surface area contributed by atoms with Gasteiger partial charge in [-0.15, -0.1) is 0 Å². The first-order valence-electron chi connectivity index (χ1n) is 5.86. The van der Waals surface area contributed by atoms with Crippen LogP contribution in [0.2, 0.25) is 0 Å². The van der Waals surface area contributed by atoms with Crippen molar-refractivity contribution in [2.75, 3.05) is 0 Å². The van der Waals surface area contributed by atoms with E-state index in [1.54, 1.807) is 12.1 Å². The molecule has 0 N–H and O–H groups in total. The zero-order valence-corrected chi connectivity index (χ0v) is 10.4. The van der Waals surface area contributed by atoms with Crippen LogP contribution in [0.5, 0.6) is 0 Å². The molecule has 3 rings (SSSR count). The lowest BCUT2D eigenvalue weighted by Crippen LogP contribution is -1.91. The normalized spacial score (nSPS) is 10.4. The molecule has 19 heavy (non-hydrogen) atoms. The Balaban J connectivity index is 2.23.